The van der Waals surface area contributed by atoms with Crippen LogP contribution in [0, 0.1) is 41.8 Å². The SMILES string of the molecule is COc1cc([C@H]2C3=CC[C@@H]4C(=O)N(c5ccc(C)c(Cl)c5)C(=O)[C@@H]4[C@@H]3C[C@H]3C(=O)N(c4ccc(F)c(Cl)c4)C(=O)[C@@]23C)cc(OC)c1O. The van der Waals surface area contributed by atoms with Crippen molar-refractivity contribution in [2.75, 3.05) is 24.0 Å². The lowest BCUT2D eigenvalue weighted by Crippen LogP contribution is -2.48. The maximum absolute atomic E-state index is 14.6. The van der Waals surface area contributed by atoms with Crippen molar-refractivity contribution in [1.82, 2.24) is 0 Å². The van der Waals surface area contributed by atoms with Gasteiger partial charge in [-0.3, -0.25) is 19.2 Å². The molecule has 0 spiro atoms. The van der Waals surface area contributed by atoms with Gasteiger partial charge in [0.1, 0.15) is 5.82 Å². The minimum absolute atomic E-state index is 0.0920. The highest BCUT2D eigenvalue weighted by atomic mass is 35.5. The molecule has 3 fully saturated rings. The highest BCUT2D eigenvalue weighted by Crippen LogP contribution is 2.64. The number of fused-ring (bicyclic) bond motifs is 4. The molecule has 0 unspecified atom stereocenters. The standard InChI is InChI=1S/C36H31Cl2FN2O7/c1-16-5-6-18(13-24(16)37)40-32(43)21-9-8-20-22(29(21)34(40)45)15-23-33(44)41(19-7-10-26(39)25(38)14-19)35(46)36(23,2)30(20)17-11-27(47-3)31(42)28(12-17)48-4/h5-8,10-14,21-23,29-30,42H,9,15H2,1-4H3/t21-,22+,23-,29-,30-,36+/m0/s1. The summed E-state index contributed by atoms with van der Waals surface area (Å²) >= 11 is 12.5. The zero-order chi connectivity index (χ0) is 34.4. The number of aryl methyl sites for hydroxylation is 1. The third-order valence-electron chi connectivity index (χ3n) is 10.7. The van der Waals surface area contributed by atoms with E-state index in [-0.39, 0.29) is 46.7 Å². The summed E-state index contributed by atoms with van der Waals surface area (Å²) in [6.45, 7) is 3.54. The molecule has 3 aromatic rings. The van der Waals surface area contributed by atoms with Crippen LogP contribution in [0.4, 0.5) is 15.8 Å². The van der Waals surface area contributed by atoms with Gasteiger partial charge in [0.05, 0.1) is 53.8 Å². The Balaban J connectivity index is 1.40. The number of halogens is 3. The molecular weight excluding hydrogens is 662 g/mol. The highest BCUT2D eigenvalue weighted by Gasteiger charge is 2.67. The van der Waals surface area contributed by atoms with E-state index in [0.29, 0.717) is 16.3 Å². The molecule has 1 N–H and O–H groups in total. The summed E-state index contributed by atoms with van der Waals surface area (Å²) in [6, 6.07) is 11.9. The fourth-order valence-corrected chi connectivity index (χ4v) is 8.67. The van der Waals surface area contributed by atoms with E-state index < -0.39 is 58.5 Å². The van der Waals surface area contributed by atoms with E-state index >= 15 is 0 Å². The molecule has 0 aromatic heterocycles. The van der Waals surface area contributed by atoms with Crippen LogP contribution >= 0.6 is 23.2 Å². The predicted molar refractivity (Wildman–Crippen MR) is 176 cm³/mol. The number of carbonyl (C=O) groups excluding carboxylic acids is 4. The van der Waals surface area contributed by atoms with Gasteiger partial charge in [-0.2, -0.15) is 0 Å². The van der Waals surface area contributed by atoms with E-state index in [1.807, 2.05) is 13.0 Å². The fourth-order valence-electron chi connectivity index (χ4n) is 8.32. The van der Waals surface area contributed by atoms with Crippen molar-refractivity contribution in [2.24, 2.45) is 29.1 Å². The van der Waals surface area contributed by atoms with Gasteiger partial charge in [0.25, 0.3) is 0 Å². The van der Waals surface area contributed by atoms with Gasteiger partial charge in [-0.05, 0) is 86.2 Å². The van der Waals surface area contributed by atoms with E-state index in [4.69, 9.17) is 32.7 Å². The van der Waals surface area contributed by atoms with Crippen LogP contribution in [-0.2, 0) is 19.2 Å². The summed E-state index contributed by atoms with van der Waals surface area (Å²) in [6.07, 6.45) is 2.26. The van der Waals surface area contributed by atoms with Gasteiger partial charge in [0.15, 0.2) is 11.5 Å². The van der Waals surface area contributed by atoms with Crippen molar-refractivity contribution in [2.45, 2.75) is 32.6 Å². The summed E-state index contributed by atoms with van der Waals surface area (Å²) in [5, 5.41) is 10.9. The van der Waals surface area contributed by atoms with E-state index in [0.717, 1.165) is 22.1 Å². The van der Waals surface area contributed by atoms with Crippen molar-refractivity contribution in [3.8, 4) is 17.2 Å². The quantitative estimate of drug-likeness (QED) is 0.237. The molecule has 2 saturated heterocycles. The molecule has 4 aliphatic rings. The molecule has 9 nitrogen and oxygen atoms in total. The van der Waals surface area contributed by atoms with Crippen LogP contribution < -0.4 is 19.3 Å². The lowest BCUT2D eigenvalue weighted by molar-refractivity contribution is -0.131. The Hall–Kier alpha value is -4.41. The number of nitrogens with zero attached hydrogens (tertiary/aromatic N) is 2. The third-order valence-corrected chi connectivity index (χ3v) is 11.4. The number of phenols is 1. The number of imide groups is 2. The predicted octanol–water partition coefficient (Wildman–Crippen LogP) is 6.60. The molecular formula is C36H31Cl2FN2O7. The van der Waals surface area contributed by atoms with Gasteiger partial charge in [-0.1, -0.05) is 40.9 Å². The average molecular weight is 694 g/mol. The second-order valence-electron chi connectivity index (χ2n) is 13.0. The molecule has 3 aromatic carbocycles. The van der Waals surface area contributed by atoms with Crippen molar-refractivity contribution >= 4 is 58.2 Å². The number of hydrogen-bond acceptors (Lipinski definition) is 7. The van der Waals surface area contributed by atoms with E-state index in [9.17, 15) is 28.7 Å². The van der Waals surface area contributed by atoms with Gasteiger partial charge >= 0.3 is 0 Å². The van der Waals surface area contributed by atoms with Crippen LogP contribution in [0.2, 0.25) is 10.0 Å². The number of aromatic hydroxyl groups is 1. The number of rotatable bonds is 5. The van der Waals surface area contributed by atoms with Crippen LogP contribution in [0.5, 0.6) is 17.2 Å². The number of methoxy groups -OCH3 is 2. The Bertz CT molecular complexity index is 1960. The monoisotopic (exact) mass is 692 g/mol. The molecule has 48 heavy (non-hydrogen) atoms. The normalized spacial score (nSPS) is 27.9. The van der Waals surface area contributed by atoms with Crippen molar-refractivity contribution in [3.05, 3.63) is 87.2 Å². The van der Waals surface area contributed by atoms with Crippen LogP contribution in [0.25, 0.3) is 0 Å². The van der Waals surface area contributed by atoms with Crippen molar-refractivity contribution in [3.63, 3.8) is 0 Å². The first-order chi connectivity index (χ1) is 22.8. The number of anilines is 2. The minimum Gasteiger partial charge on any atom is -0.502 e. The lowest BCUT2D eigenvalue weighted by Gasteiger charge is -2.49. The molecule has 1 saturated carbocycles. The topological polar surface area (TPSA) is 113 Å². The van der Waals surface area contributed by atoms with Gasteiger partial charge < -0.3 is 14.6 Å². The maximum atomic E-state index is 14.6. The molecule has 7 rings (SSSR count). The summed E-state index contributed by atoms with van der Waals surface area (Å²) in [5.74, 6) is -6.36. The largest absolute Gasteiger partial charge is 0.502 e. The van der Waals surface area contributed by atoms with Gasteiger partial charge in [-0.25, -0.2) is 14.2 Å². The maximum Gasteiger partial charge on any atom is 0.241 e. The first-order valence-electron chi connectivity index (χ1n) is 15.5. The number of amides is 4. The molecule has 12 heteroatoms. The summed E-state index contributed by atoms with van der Waals surface area (Å²) < 4.78 is 25.1. The van der Waals surface area contributed by atoms with Gasteiger partial charge in [0, 0.05) is 10.9 Å². The average Bonchev–Trinajstić information content (AvgIpc) is 3.43. The molecule has 248 valence electrons. The Labute approximate surface area is 285 Å². The third kappa shape index (κ3) is 4.41. The Morgan fingerprint density at radius 3 is 2.10 bits per heavy atom. The van der Waals surface area contributed by atoms with Crippen molar-refractivity contribution < 1.29 is 38.1 Å². The Morgan fingerprint density at radius 2 is 1.48 bits per heavy atom. The summed E-state index contributed by atoms with van der Waals surface area (Å²) in [5.41, 5.74) is 1.14. The van der Waals surface area contributed by atoms with Crippen LogP contribution in [0.3, 0.4) is 0 Å². The van der Waals surface area contributed by atoms with Crippen LogP contribution in [0.1, 0.15) is 36.8 Å². The first kappa shape index (κ1) is 32.2. The van der Waals surface area contributed by atoms with Crippen LogP contribution in [0.15, 0.2) is 60.2 Å². The number of benzene rings is 3. The zero-order valence-corrected chi connectivity index (χ0v) is 27.9. The zero-order valence-electron chi connectivity index (χ0n) is 26.4. The number of allylic oxidation sites excluding steroid dienone is 2. The molecule has 2 heterocycles. The second kappa shape index (κ2) is 11.3. The number of hydrogen-bond donors (Lipinski definition) is 1. The summed E-state index contributed by atoms with van der Waals surface area (Å²) in [7, 11) is 2.77. The molecule has 2 aliphatic heterocycles. The number of ether oxygens (including phenoxy) is 2. The highest BCUT2D eigenvalue weighted by molar-refractivity contribution is 6.32. The smallest absolute Gasteiger partial charge is 0.241 e. The molecule has 4 amide bonds. The molecule has 0 bridgehead atoms. The van der Waals surface area contributed by atoms with Crippen LogP contribution in [-0.4, -0.2) is 43.0 Å². The number of phenolic OH excluding ortho intramolecular Hbond substituents is 1. The molecule has 2 aliphatic carbocycles. The van der Waals surface area contributed by atoms with Crippen molar-refractivity contribution in [1.29, 1.82) is 0 Å². The first-order valence-corrected chi connectivity index (χ1v) is 16.2. The Kier molecular flexibility index (Phi) is 7.60. The summed E-state index contributed by atoms with van der Waals surface area (Å²) in [4.78, 5) is 59.4. The Morgan fingerprint density at radius 1 is 0.854 bits per heavy atom. The minimum atomic E-state index is -1.39. The second-order valence-corrected chi connectivity index (χ2v) is 13.8. The van der Waals surface area contributed by atoms with E-state index in [1.165, 1.54) is 31.3 Å². The van der Waals surface area contributed by atoms with E-state index in [1.54, 1.807) is 37.3 Å². The fraction of sp³-hybridized carbons (Fsp3) is 0.333. The molecule has 0 radical (unpaired) electrons. The van der Waals surface area contributed by atoms with Gasteiger partial charge in [-0.15, -0.1) is 0 Å². The van der Waals surface area contributed by atoms with Gasteiger partial charge in [0.2, 0.25) is 29.4 Å². The van der Waals surface area contributed by atoms with E-state index in [2.05, 4.69) is 0 Å². The molecule has 6 atom stereocenters. The number of carbonyl (C=O) groups is 4. The lowest BCUT2D eigenvalue weighted by atomic mass is 9.51.